The molecule has 2 heterocycles. The SMILES string of the molecule is CCOCCn1ccc2c(Br)cn(-c3ccc(OC(F)(F)F)cc3)c(=O)c21. The largest absolute Gasteiger partial charge is 0.573 e. The Labute approximate surface area is 161 Å². The first-order valence-corrected chi connectivity index (χ1v) is 8.93. The van der Waals surface area contributed by atoms with Gasteiger partial charge in [0.1, 0.15) is 11.3 Å². The van der Waals surface area contributed by atoms with Gasteiger partial charge in [-0.3, -0.25) is 9.36 Å². The van der Waals surface area contributed by atoms with E-state index >= 15 is 0 Å². The maximum absolute atomic E-state index is 13.0. The molecular formula is C18H16BrF3N2O3. The van der Waals surface area contributed by atoms with Crippen LogP contribution < -0.4 is 10.3 Å². The number of alkyl halides is 3. The molecule has 0 fully saturated rings. The van der Waals surface area contributed by atoms with Gasteiger partial charge in [0.05, 0.1) is 6.61 Å². The van der Waals surface area contributed by atoms with Crippen LogP contribution in [0, 0.1) is 0 Å². The molecule has 0 atom stereocenters. The molecule has 0 aliphatic heterocycles. The summed E-state index contributed by atoms with van der Waals surface area (Å²) < 4.78 is 50.0. The van der Waals surface area contributed by atoms with Gasteiger partial charge in [0, 0.05) is 41.1 Å². The first-order chi connectivity index (χ1) is 12.8. The summed E-state index contributed by atoms with van der Waals surface area (Å²) in [5.74, 6) is -0.348. The zero-order chi connectivity index (χ0) is 19.6. The van der Waals surface area contributed by atoms with E-state index in [-0.39, 0.29) is 11.3 Å². The number of rotatable bonds is 6. The summed E-state index contributed by atoms with van der Waals surface area (Å²) in [4.78, 5) is 13.0. The van der Waals surface area contributed by atoms with E-state index in [1.807, 2.05) is 13.0 Å². The van der Waals surface area contributed by atoms with Crippen LogP contribution in [-0.2, 0) is 11.3 Å². The fraction of sp³-hybridized carbons (Fsp3) is 0.278. The second-order valence-electron chi connectivity index (χ2n) is 5.66. The minimum absolute atomic E-state index is 0.279. The average Bonchev–Trinajstić information content (AvgIpc) is 3.03. The van der Waals surface area contributed by atoms with Crippen LogP contribution in [0.5, 0.6) is 5.75 Å². The number of pyridine rings is 1. The fourth-order valence-electron chi connectivity index (χ4n) is 2.75. The highest BCUT2D eigenvalue weighted by atomic mass is 79.9. The van der Waals surface area contributed by atoms with Crippen molar-refractivity contribution in [2.45, 2.75) is 19.8 Å². The van der Waals surface area contributed by atoms with Crippen molar-refractivity contribution in [2.75, 3.05) is 13.2 Å². The number of ether oxygens (including phenoxy) is 2. The molecule has 0 radical (unpaired) electrons. The van der Waals surface area contributed by atoms with E-state index in [1.54, 1.807) is 17.0 Å². The summed E-state index contributed by atoms with van der Waals surface area (Å²) in [6.45, 7) is 3.46. The summed E-state index contributed by atoms with van der Waals surface area (Å²) in [5.41, 5.74) is 0.633. The maximum Gasteiger partial charge on any atom is 0.573 e. The lowest BCUT2D eigenvalue weighted by Gasteiger charge is -2.12. The summed E-state index contributed by atoms with van der Waals surface area (Å²) >= 11 is 3.45. The van der Waals surface area contributed by atoms with Crippen molar-refractivity contribution < 1.29 is 22.6 Å². The van der Waals surface area contributed by atoms with Crippen molar-refractivity contribution in [3.8, 4) is 11.4 Å². The molecule has 0 saturated heterocycles. The second kappa shape index (κ2) is 7.77. The van der Waals surface area contributed by atoms with Crippen molar-refractivity contribution in [1.29, 1.82) is 0 Å². The van der Waals surface area contributed by atoms with Crippen LogP contribution in [0.1, 0.15) is 6.92 Å². The van der Waals surface area contributed by atoms with Crippen LogP contribution in [0.15, 0.2) is 52.0 Å². The number of fused-ring (bicyclic) bond motifs is 1. The van der Waals surface area contributed by atoms with E-state index in [9.17, 15) is 18.0 Å². The number of nitrogens with zero attached hydrogens (tertiary/aromatic N) is 2. The van der Waals surface area contributed by atoms with Crippen LogP contribution in [0.3, 0.4) is 0 Å². The van der Waals surface area contributed by atoms with Gasteiger partial charge >= 0.3 is 6.36 Å². The topological polar surface area (TPSA) is 45.4 Å². The molecule has 5 nitrogen and oxygen atoms in total. The molecule has 3 rings (SSSR count). The molecule has 0 bridgehead atoms. The third-order valence-corrected chi connectivity index (χ3v) is 4.55. The Morgan fingerprint density at radius 3 is 2.48 bits per heavy atom. The lowest BCUT2D eigenvalue weighted by Crippen LogP contribution is -2.21. The van der Waals surface area contributed by atoms with Crippen LogP contribution in [0.4, 0.5) is 13.2 Å². The Bertz CT molecular complexity index is 994. The first kappa shape index (κ1) is 19.5. The van der Waals surface area contributed by atoms with Crippen molar-refractivity contribution in [2.24, 2.45) is 0 Å². The molecule has 9 heteroatoms. The van der Waals surface area contributed by atoms with Crippen LogP contribution in [0.25, 0.3) is 16.6 Å². The van der Waals surface area contributed by atoms with Crippen molar-refractivity contribution >= 4 is 26.8 Å². The van der Waals surface area contributed by atoms with Gasteiger partial charge < -0.3 is 14.0 Å². The highest BCUT2D eigenvalue weighted by Crippen LogP contribution is 2.26. The lowest BCUT2D eigenvalue weighted by atomic mass is 10.2. The highest BCUT2D eigenvalue weighted by molar-refractivity contribution is 9.10. The van der Waals surface area contributed by atoms with Gasteiger partial charge in [-0.15, -0.1) is 13.2 Å². The standard InChI is InChI=1S/C18H16BrF3N2O3/c1-2-26-10-9-23-8-7-14-15(19)11-24(17(25)16(14)23)12-3-5-13(6-4-12)27-18(20,21)22/h3-8,11H,2,9-10H2,1H3. The molecule has 0 aliphatic rings. The molecule has 0 amide bonds. The van der Waals surface area contributed by atoms with Gasteiger partial charge in [0.25, 0.3) is 5.56 Å². The number of halogens is 4. The third kappa shape index (κ3) is 4.36. The maximum atomic E-state index is 13.0. The Hall–Kier alpha value is -2.26. The number of benzene rings is 1. The van der Waals surface area contributed by atoms with Crippen LogP contribution in [0.2, 0.25) is 0 Å². The number of aromatic nitrogens is 2. The highest BCUT2D eigenvalue weighted by Gasteiger charge is 2.31. The Balaban J connectivity index is 2.00. The molecule has 0 saturated carbocycles. The third-order valence-electron chi connectivity index (χ3n) is 3.91. The van der Waals surface area contributed by atoms with Gasteiger partial charge in [0.2, 0.25) is 0 Å². The van der Waals surface area contributed by atoms with Gasteiger partial charge in [-0.1, -0.05) is 0 Å². The Morgan fingerprint density at radius 2 is 1.85 bits per heavy atom. The predicted molar refractivity (Wildman–Crippen MR) is 98.4 cm³/mol. The molecule has 0 aliphatic carbocycles. The van der Waals surface area contributed by atoms with Crippen LogP contribution in [-0.4, -0.2) is 28.7 Å². The molecule has 144 valence electrons. The summed E-state index contributed by atoms with van der Waals surface area (Å²) in [6, 6.07) is 6.96. The molecule has 0 N–H and O–H groups in total. The normalized spacial score (nSPS) is 11.9. The summed E-state index contributed by atoms with van der Waals surface area (Å²) in [6.07, 6.45) is -1.36. The van der Waals surface area contributed by atoms with E-state index in [0.29, 0.717) is 35.4 Å². The Morgan fingerprint density at radius 1 is 1.15 bits per heavy atom. The predicted octanol–water partition coefficient (Wildman–Crippen LogP) is 4.49. The van der Waals surface area contributed by atoms with Gasteiger partial charge in [-0.2, -0.15) is 0 Å². The summed E-state index contributed by atoms with van der Waals surface area (Å²) in [7, 11) is 0. The van der Waals surface area contributed by atoms with E-state index in [2.05, 4.69) is 20.7 Å². The smallest absolute Gasteiger partial charge is 0.406 e. The van der Waals surface area contributed by atoms with E-state index in [4.69, 9.17) is 4.74 Å². The lowest BCUT2D eigenvalue weighted by molar-refractivity contribution is -0.274. The molecule has 2 aromatic heterocycles. The van der Waals surface area contributed by atoms with Crippen LogP contribution >= 0.6 is 15.9 Å². The van der Waals surface area contributed by atoms with Gasteiger partial charge in [0.15, 0.2) is 0 Å². The first-order valence-electron chi connectivity index (χ1n) is 8.14. The van der Waals surface area contributed by atoms with Gasteiger partial charge in [-0.05, 0) is 53.2 Å². The van der Waals surface area contributed by atoms with Crippen molar-refractivity contribution in [1.82, 2.24) is 9.13 Å². The zero-order valence-electron chi connectivity index (χ0n) is 14.3. The molecule has 3 aromatic rings. The molecular weight excluding hydrogens is 429 g/mol. The monoisotopic (exact) mass is 444 g/mol. The average molecular weight is 445 g/mol. The molecule has 27 heavy (non-hydrogen) atoms. The number of hydrogen-bond donors (Lipinski definition) is 0. The minimum atomic E-state index is -4.76. The second-order valence-corrected chi connectivity index (χ2v) is 6.52. The van der Waals surface area contributed by atoms with Crippen molar-refractivity contribution in [3.63, 3.8) is 0 Å². The quantitative estimate of drug-likeness (QED) is 0.526. The summed E-state index contributed by atoms with van der Waals surface area (Å²) in [5, 5.41) is 0.754. The van der Waals surface area contributed by atoms with E-state index in [1.165, 1.54) is 28.8 Å². The zero-order valence-corrected chi connectivity index (χ0v) is 15.9. The molecule has 0 spiro atoms. The van der Waals surface area contributed by atoms with E-state index in [0.717, 1.165) is 5.39 Å². The molecule has 0 unspecified atom stereocenters. The fourth-order valence-corrected chi connectivity index (χ4v) is 3.28. The van der Waals surface area contributed by atoms with Crippen molar-refractivity contribution in [3.05, 3.63) is 57.6 Å². The number of hydrogen-bond acceptors (Lipinski definition) is 3. The molecule has 1 aromatic carbocycles. The van der Waals surface area contributed by atoms with Gasteiger partial charge in [-0.25, -0.2) is 0 Å². The Kier molecular flexibility index (Phi) is 5.61. The van der Waals surface area contributed by atoms with E-state index < -0.39 is 6.36 Å². The minimum Gasteiger partial charge on any atom is -0.406 e.